The summed E-state index contributed by atoms with van der Waals surface area (Å²) in [6.07, 6.45) is 2.94. The van der Waals surface area contributed by atoms with E-state index < -0.39 is 4.92 Å². The van der Waals surface area contributed by atoms with Gasteiger partial charge in [0, 0.05) is 18.7 Å². The molecule has 1 aliphatic heterocycles. The van der Waals surface area contributed by atoms with Gasteiger partial charge in [-0.1, -0.05) is 0 Å². The average Bonchev–Trinajstić information content (AvgIpc) is 2.46. The molecule has 7 heteroatoms. The predicted octanol–water partition coefficient (Wildman–Crippen LogP) is 1.69. The van der Waals surface area contributed by atoms with E-state index in [4.69, 9.17) is 4.74 Å². The van der Waals surface area contributed by atoms with Gasteiger partial charge in [0.25, 0.3) is 5.69 Å². The van der Waals surface area contributed by atoms with Crippen LogP contribution < -0.4 is 4.90 Å². The highest BCUT2D eigenvalue weighted by molar-refractivity contribution is 5.73. The second kappa shape index (κ2) is 5.85. The Labute approximate surface area is 116 Å². The number of nitro groups is 1. The van der Waals surface area contributed by atoms with Crippen LogP contribution in [0.2, 0.25) is 0 Å². The van der Waals surface area contributed by atoms with Crippen LogP contribution in [-0.4, -0.2) is 36.1 Å². The number of aryl methyl sites for hydroxylation is 1. The first-order valence-electron chi connectivity index (χ1n) is 6.46. The van der Waals surface area contributed by atoms with Crippen molar-refractivity contribution in [2.45, 2.75) is 19.8 Å². The van der Waals surface area contributed by atoms with Gasteiger partial charge in [0.2, 0.25) is 0 Å². The van der Waals surface area contributed by atoms with Crippen LogP contribution >= 0.6 is 0 Å². The van der Waals surface area contributed by atoms with Crippen molar-refractivity contribution in [2.24, 2.45) is 5.92 Å². The molecule has 1 aromatic rings. The molecular weight excluding hydrogens is 262 g/mol. The molecule has 0 saturated carbocycles. The van der Waals surface area contributed by atoms with Gasteiger partial charge in [-0.3, -0.25) is 14.9 Å². The van der Waals surface area contributed by atoms with Gasteiger partial charge in [-0.2, -0.15) is 0 Å². The van der Waals surface area contributed by atoms with Gasteiger partial charge >= 0.3 is 5.97 Å². The smallest absolute Gasteiger partial charge is 0.310 e. The lowest BCUT2D eigenvalue weighted by molar-refractivity contribution is -0.385. The molecule has 0 bridgehead atoms. The summed E-state index contributed by atoms with van der Waals surface area (Å²) in [5.74, 6) is 0.293. The van der Waals surface area contributed by atoms with Gasteiger partial charge in [0.1, 0.15) is 12.0 Å². The Morgan fingerprint density at radius 1 is 1.60 bits per heavy atom. The minimum Gasteiger partial charge on any atom is -0.469 e. The predicted molar refractivity (Wildman–Crippen MR) is 72.6 cm³/mol. The molecule has 1 atom stereocenters. The monoisotopic (exact) mass is 279 g/mol. The summed E-state index contributed by atoms with van der Waals surface area (Å²) in [5, 5.41) is 10.8. The van der Waals surface area contributed by atoms with Crippen molar-refractivity contribution in [1.29, 1.82) is 0 Å². The molecule has 2 heterocycles. The molecule has 1 aliphatic rings. The quantitative estimate of drug-likeness (QED) is 0.475. The van der Waals surface area contributed by atoms with Crippen LogP contribution in [0.3, 0.4) is 0 Å². The first-order valence-corrected chi connectivity index (χ1v) is 6.46. The lowest BCUT2D eigenvalue weighted by atomic mass is 9.98. The van der Waals surface area contributed by atoms with E-state index in [9.17, 15) is 14.9 Å². The van der Waals surface area contributed by atoms with Crippen molar-refractivity contribution in [3.63, 3.8) is 0 Å². The van der Waals surface area contributed by atoms with Crippen LogP contribution in [0, 0.1) is 23.0 Å². The second-order valence-electron chi connectivity index (χ2n) is 4.89. The number of methoxy groups -OCH3 is 1. The van der Waals surface area contributed by atoms with Gasteiger partial charge in [0.15, 0.2) is 0 Å². The fourth-order valence-electron chi connectivity index (χ4n) is 2.44. The lowest BCUT2D eigenvalue weighted by Gasteiger charge is -2.32. The number of rotatable bonds is 3. The summed E-state index contributed by atoms with van der Waals surface area (Å²) < 4.78 is 4.77. The first kappa shape index (κ1) is 14.2. The molecule has 0 amide bonds. The summed E-state index contributed by atoms with van der Waals surface area (Å²) in [5.41, 5.74) is 0.579. The Morgan fingerprint density at radius 2 is 2.35 bits per heavy atom. The zero-order chi connectivity index (χ0) is 14.7. The highest BCUT2D eigenvalue weighted by atomic mass is 16.6. The summed E-state index contributed by atoms with van der Waals surface area (Å²) in [6, 6.07) is 1.69. The number of carbonyl (C=O) groups excluding carboxylic acids is 1. The average molecular weight is 279 g/mol. The van der Waals surface area contributed by atoms with Crippen LogP contribution in [0.25, 0.3) is 0 Å². The zero-order valence-electron chi connectivity index (χ0n) is 11.5. The minimum atomic E-state index is -0.445. The summed E-state index contributed by atoms with van der Waals surface area (Å²) >= 11 is 0. The molecular formula is C13H17N3O4. The molecule has 1 aromatic heterocycles. The van der Waals surface area contributed by atoms with Gasteiger partial charge < -0.3 is 9.64 Å². The molecule has 0 radical (unpaired) electrons. The van der Waals surface area contributed by atoms with Crippen molar-refractivity contribution in [2.75, 3.05) is 25.1 Å². The van der Waals surface area contributed by atoms with E-state index in [1.165, 1.54) is 13.3 Å². The fraction of sp³-hybridized carbons (Fsp3) is 0.538. The number of carbonyl (C=O) groups is 1. The molecule has 0 N–H and O–H groups in total. The van der Waals surface area contributed by atoms with Crippen molar-refractivity contribution in [3.05, 3.63) is 27.9 Å². The van der Waals surface area contributed by atoms with Gasteiger partial charge in [-0.25, -0.2) is 4.98 Å². The SMILES string of the molecule is COC(=O)C1CCCN(c2cc(C)c([N+](=O)[O-])cn2)C1. The maximum absolute atomic E-state index is 11.6. The molecule has 7 nitrogen and oxygen atoms in total. The standard InChI is InChI=1S/C13H17N3O4/c1-9-6-12(14-7-11(9)16(18)19)15-5-3-4-10(8-15)13(17)20-2/h6-7,10H,3-5,8H2,1-2H3. The summed E-state index contributed by atoms with van der Waals surface area (Å²) in [6.45, 7) is 3.01. The van der Waals surface area contributed by atoms with Crippen LogP contribution in [0.5, 0.6) is 0 Å². The van der Waals surface area contributed by atoms with E-state index in [0.29, 0.717) is 17.9 Å². The second-order valence-corrected chi connectivity index (χ2v) is 4.89. The third kappa shape index (κ3) is 2.87. The van der Waals surface area contributed by atoms with E-state index in [0.717, 1.165) is 19.4 Å². The fourth-order valence-corrected chi connectivity index (χ4v) is 2.44. The number of nitrogens with zero attached hydrogens (tertiary/aromatic N) is 3. The Morgan fingerprint density at radius 3 is 2.95 bits per heavy atom. The van der Waals surface area contributed by atoms with Crippen molar-refractivity contribution in [3.8, 4) is 0 Å². The largest absolute Gasteiger partial charge is 0.469 e. The molecule has 0 aromatic carbocycles. The van der Waals surface area contributed by atoms with Crippen LogP contribution in [0.1, 0.15) is 18.4 Å². The summed E-state index contributed by atoms with van der Waals surface area (Å²) in [7, 11) is 1.38. The third-order valence-corrected chi connectivity index (χ3v) is 3.55. The number of hydrogen-bond acceptors (Lipinski definition) is 6. The highest BCUT2D eigenvalue weighted by Crippen LogP contribution is 2.26. The molecule has 0 aliphatic carbocycles. The topological polar surface area (TPSA) is 85.6 Å². The van der Waals surface area contributed by atoms with E-state index in [-0.39, 0.29) is 17.6 Å². The van der Waals surface area contributed by atoms with Crippen molar-refractivity contribution in [1.82, 2.24) is 4.98 Å². The Balaban J connectivity index is 2.17. The van der Waals surface area contributed by atoms with E-state index in [2.05, 4.69) is 4.98 Å². The van der Waals surface area contributed by atoms with Gasteiger partial charge in [-0.05, 0) is 25.8 Å². The molecule has 1 saturated heterocycles. The van der Waals surface area contributed by atoms with Crippen molar-refractivity contribution < 1.29 is 14.5 Å². The maximum atomic E-state index is 11.6. The van der Waals surface area contributed by atoms with Crippen LogP contribution in [-0.2, 0) is 9.53 Å². The number of anilines is 1. The minimum absolute atomic E-state index is 0.00952. The number of ether oxygens (including phenoxy) is 1. The normalized spacial score (nSPS) is 18.7. The lowest BCUT2D eigenvalue weighted by Crippen LogP contribution is -2.39. The Bertz CT molecular complexity index is 532. The third-order valence-electron chi connectivity index (χ3n) is 3.55. The molecule has 1 fully saturated rings. The molecule has 1 unspecified atom stereocenters. The number of aromatic nitrogens is 1. The number of piperidine rings is 1. The molecule has 20 heavy (non-hydrogen) atoms. The first-order chi connectivity index (χ1) is 9.52. The number of esters is 1. The van der Waals surface area contributed by atoms with E-state index in [1.54, 1.807) is 13.0 Å². The van der Waals surface area contributed by atoms with Gasteiger partial charge in [0.05, 0.1) is 18.0 Å². The summed E-state index contributed by atoms with van der Waals surface area (Å²) in [4.78, 5) is 28.0. The van der Waals surface area contributed by atoms with Crippen LogP contribution in [0.4, 0.5) is 11.5 Å². The maximum Gasteiger partial charge on any atom is 0.310 e. The Kier molecular flexibility index (Phi) is 4.16. The van der Waals surface area contributed by atoms with Crippen molar-refractivity contribution >= 4 is 17.5 Å². The highest BCUT2D eigenvalue weighted by Gasteiger charge is 2.27. The van der Waals surface area contributed by atoms with E-state index in [1.807, 2.05) is 4.90 Å². The number of hydrogen-bond donors (Lipinski definition) is 0. The van der Waals surface area contributed by atoms with Gasteiger partial charge in [-0.15, -0.1) is 0 Å². The Hall–Kier alpha value is -2.18. The van der Waals surface area contributed by atoms with E-state index >= 15 is 0 Å². The molecule has 2 rings (SSSR count). The zero-order valence-corrected chi connectivity index (χ0v) is 11.5. The van der Waals surface area contributed by atoms with Crippen LogP contribution in [0.15, 0.2) is 12.3 Å². The molecule has 0 spiro atoms. The molecule has 108 valence electrons. The number of pyridine rings is 1.